The molecule has 0 saturated heterocycles. The molecular weight excluding hydrogens is 504 g/mol. The zero-order valence-corrected chi connectivity index (χ0v) is 19.3. The van der Waals surface area contributed by atoms with Gasteiger partial charge in [0.05, 0.1) is 22.7 Å². The number of halogens is 4. The van der Waals surface area contributed by atoms with Crippen molar-refractivity contribution in [2.24, 2.45) is 0 Å². The lowest BCUT2D eigenvalue weighted by atomic mass is 10.0. The number of benzene rings is 1. The highest BCUT2D eigenvalue weighted by Crippen LogP contribution is 2.31. The molecule has 5 aromatic rings. The maximum atomic E-state index is 13.3. The van der Waals surface area contributed by atoms with Gasteiger partial charge >= 0.3 is 6.18 Å². The topological polar surface area (TPSA) is 134 Å². The summed E-state index contributed by atoms with van der Waals surface area (Å²) in [6.07, 6.45) is -1.51. The van der Waals surface area contributed by atoms with Crippen molar-refractivity contribution < 1.29 is 22.4 Å². The first kappa shape index (κ1) is 24.6. The molecule has 9 nitrogen and oxygen atoms in total. The third kappa shape index (κ3) is 5.21. The van der Waals surface area contributed by atoms with E-state index >= 15 is 0 Å². The average molecular weight is 522 g/mol. The highest BCUT2D eigenvalue weighted by molar-refractivity contribution is 6.07. The van der Waals surface area contributed by atoms with Crippen LogP contribution in [0.15, 0.2) is 67.1 Å². The van der Waals surface area contributed by atoms with Gasteiger partial charge in [-0.15, -0.1) is 0 Å². The smallest absolute Gasteiger partial charge is 0.382 e. The lowest BCUT2D eigenvalue weighted by Crippen LogP contribution is -2.18. The predicted octanol–water partition coefficient (Wildman–Crippen LogP) is 5.02. The first-order valence-corrected chi connectivity index (χ1v) is 11.1. The molecule has 0 spiro atoms. The molecule has 0 atom stereocenters. The lowest BCUT2D eigenvalue weighted by molar-refractivity contribution is -0.137. The van der Waals surface area contributed by atoms with Gasteiger partial charge in [0.2, 0.25) is 0 Å². The van der Waals surface area contributed by atoms with Crippen LogP contribution >= 0.6 is 0 Å². The van der Waals surface area contributed by atoms with Crippen molar-refractivity contribution in [1.29, 1.82) is 0 Å². The number of nitrogens with two attached hydrogens (primary N) is 1. The Kier molecular flexibility index (Phi) is 6.33. The molecule has 0 fully saturated rings. The third-order valence-corrected chi connectivity index (χ3v) is 5.62. The fourth-order valence-corrected chi connectivity index (χ4v) is 3.65. The number of H-pyrrole nitrogens is 1. The number of carbonyl (C=O) groups excluding carboxylic acids is 1. The second kappa shape index (κ2) is 9.76. The van der Waals surface area contributed by atoms with Crippen LogP contribution in [0.1, 0.15) is 21.5 Å². The fourth-order valence-electron chi connectivity index (χ4n) is 3.65. The molecule has 0 aliphatic heterocycles. The number of aromatic amines is 1. The van der Waals surface area contributed by atoms with E-state index in [1.54, 1.807) is 6.20 Å². The summed E-state index contributed by atoms with van der Waals surface area (Å²) in [4.78, 5) is 24.6. The Labute approximate surface area is 212 Å². The molecule has 5 N–H and O–H groups in total. The third-order valence-electron chi connectivity index (χ3n) is 5.62. The van der Waals surface area contributed by atoms with Crippen molar-refractivity contribution in [2.45, 2.75) is 12.7 Å². The van der Waals surface area contributed by atoms with Gasteiger partial charge in [0, 0.05) is 24.5 Å². The number of amides is 1. The molecule has 4 aromatic heterocycles. The van der Waals surface area contributed by atoms with E-state index in [9.17, 15) is 22.4 Å². The highest BCUT2D eigenvalue weighted by Gasteiger charge is 2.32. The van der Waals surface area contributed by atoms with Gasteiger partial charge in [-0.05, 0) is 35.4 Å². The number of hydrogen-bond acceptors (Lipinski definition) is 7. The molecule has 0 saturated carbocycles. The quantitative estimate of drug-likeness (QED) is 0.230. The van der Waals surface area contributed by atoms with Crippen molar-refractivity contribution in [3.05, 3.63) is 89.6 Å². The Hall–Kier alpha value is -5.07. The van der Waals surface area contributed by atoms with Crippen molar-refractivity contribution in [3.8, 4) is 11.1 Å². The number of carbonyl (C=O) groups is 1. The van der Waals surface area contributed by atoms with E-state index in [4.69, 9.17) is 5.73 Å². The zero-order chi connectivity index (χ0) is 26.9. The van der Waals surface area contributed by atoms with Gasteiger partial charge in [-0.25, -0.2) is 19.3 Å². The molecule has 5 rings (SSSR count). The van der Waals surface area contributed by atoms with Crippen LogP contribution in [0, 0.1) is 5.82 Å². The molecule has 13 heteroatoms. The van der Waals surface area contributed by atoms with Gasteiger partial charge in [-0.1, -0.05) is 24.3 Å². The van der Waals surface area contributed by atoms with Crippen molar-refractivity contribution >= 4 is 34.4 Å². The van der Waals surface area contributed by atoms with E-state index in [1.807, 2.05) is 30.3 Å². The van der Waals surface area contributed by atoms with Gasteiger partial charge in [-0.2, -0.15) is 18.3 Å². The summed E-state index contributed by atoms with van der Waals surface area (Å²) in [6.45, 7) is 0.166. The monoisotopic (exact) mass is 522 g/mol. The first-order chi connectivity index (χ1) is 18.2. The maximum Gasteiger partial charge on any atom is 0.417 e. The van der Waals surface area contributed by atoms with Gasteiger partial charge in [0.15, 0.2) is 11.5 Å². The molecule has 0 unspecified atom stereocenters. The lowest BCUT2D eigenvalue weighted by Gasteiger charge is -2.14. The van der Waals surface area contributed by atoms with E-state index in [0.717, 1.165) is 29.0 Å². The summed E-state index contributed by atoms with van der Waals surface area (Å²) in [6, 6.07) is 12.2. The molecule has 0 aliphatic carbocycles. The number of nitrogens with zero attached hydrogens (tertiary/aromatic N) is 4. The number of rotatable bonds is 6. The molecule has 192 valence electrons. The number of nitrogen functional groups attached to an aromatic ring is 1. The van der Waals surface area contributed by atoms with Gasteiger partial charge < -0.3 is 16.4 Å². The summed E-state index contributed by atoms with van der Waals surface area (Å²) in [7, 11) is 0. The number of nitrogens with one attached hydrogen (secondary N) is 3. The Morgan fingerprint density at radius 2 is 1.74 bits per heavy atom. The molecule has 0 bridgehead atoms. The summed E-state index contributed by atoms with van der Waals surface area (Å²) < 4.78 is 53.0. The number of aromatic nitrogens is 5. The summed E-state index contributed by atoms with van der Waals surface area (Å²) in [5.41, 5.74) is 7.45. The van der Waals surface area contributed by atoms with Gasteiger partial charge in [-0.3, -0.25) is 9.89 Å². The van der Waals surface area contributed by atoms with Crippen LogP contribution in [0.5, 0.6) is 0 Å². The number of alkyl halides is 3. The molecule has 0 radical (unpaired) electrons. The molecule has 1 amide bonds. The minimum absolute atomic E-state index is 0.0276. The molecule has 1 aromatic carbocycles. The van der Waals surface area contributed by atoms with E-state index < -0.39 is 23.5 Å². The summed E-state index contributed by atoms with van der Waals surface area (Å²) >= 11 is 0. The molecule has 38 heavy (non-hydrogen) atoms. The Morgan fingerprint density at radius 1 is 0.947 bits per heavy atom. The van der Waals surface area contributed by atoms with Crippen molar-refractivity contribution in [3.63, 3.8) is 0 Å². The predicted molar refractivity (Wildman–Crippen MR) is 132 cm³/mol. The van der Waals surface area contributed by atoms with Crippen LogP contribution in [0.2, 0.25) is 0 Å². The highest BCUT2D eigenvalue weighted by atomic mass is 19.4. The Bertz CT molecular complexity index is 1620. The van der Waals surface area contributed by atoms with Crippen LogP contribution < -0.4 is 16.4 Å². The summed E-state index contributed by atoms with van der Waals surface area (Å²) in [5.74, 6) is -1.26. The largest absolute Gasteiger partial charge is 0.417 e. The van der Waals surface area contributed by atoms with Crippen LogP contribution in [0.3, 0.4) is 0 Å². The van der Waals surface area contributed by atoms with Crippen molar-refractivity contribution in [1.82, 2.24) is 25.1 Å². The SMILES string of the molecule is Nc1n[nH]c2ncc(-c3ccc(CNc4ncc(C(F)(F)F)cc4C(=O)Nc4ccc(F)cn4)cc3)cc12. The van der Waals surface area contributed by atoms with E-state index in [-0.39, 0.29) is 23.7 Å². The molecule has 0 aliphatic rings. The van der Waals surface area contributed by atoms with E-state index in [2.05, 4.69) is 35.8 Å². The number of pyridine rings is 3. The van der Waals surface area contributed by atoms with Crippen LogP contribution in [0.4, 0.5) is 35.0 Å². The normalized spacial score (nSPS) is 11.5. The maximum absolute atomic E-state index is 13.3. The van der Waals surface area contributed by atoms with Crippen molar-refractivity contribution in [2.75, 3.05) is 16.4 Å². The number of fused-ring (bicyclic) bond motifs is 1. The number of anilines is 3. The standard InChI is InChI=1S/C25H18F4N8O/c26-17-5-6-20(31-12-17)35-24(38)19-8-16(25(27,28)29)11-34-22(19)32-9-13-1-3-14(4-2-13)15-7-18-21(30)36-37-23(18)33-10-15/h1-8,10-12H,9H2,(H,32,34)(H,31,35,38)(H3,30,33,36,37). The van der Waals surface area contributed by atoms with Gasteiger partial charge in [0.1, 0.15) is 17.5 Å². The Balaban J connectivity index is 1.35. The van der Waals surface area contributed by atoms with Crippen LogP contribution in [-0.4, -0.2) is 31.1 Å². The minimum Gasteiger partial charge on any atom is -0.382 e. The average Bonchev–Trinajstić information content (AvgIpc) is 3.28. The molecular formula is C25H18F4N8O. The van der Waals surface area contributed by atoms with Gasteiger partial charge in [0.25, 0.3) is 5.91 Å². The minimum atomic E-state index is -4.70. The zero-order valence-electron chi connectivity index (χ0n) is 19.3. The molecule has 4 heterocycles. The first-order valence-electron chi connectivity index (χ1n) is 11.1. The second-order valence-electron chi connectivity index (χ2n) is 8.21. The van der Waals surface area contributed by atoms with Crippen LogP contribution in [-0.2, 0) is 12.7 Å². The van der Waals surface area contributed by atoms with E-state index in [1.165, 1.54) is 6.07 Å². The van der Waals surface area contributed by atoms with E-state index in [0.29, 0.717) is 29.1 Å². The number of hydrogen-bond donors (Lipinski definition) is 4. The van der Waals surface area contributed by atoms with Crippen LogP contribution in [0.25, 0.3) is 22.2 Å². The Morgan fingerprint density at radius 3 is 2.45 bits per heavy atom. The summed E-state index contributed by atoms with van der Waals surface area (Å²) in [5, 5.41) is 12.6. The fraction of sp³-hybridized carbons (Fsp3) is 0.0800. The second-order valence-corrected chi connectivity index (χ2v) is 8.21.